The van der Waals surface area contributed by atoms with Crippen LogP contribution in [-0.4, -0.2) is 36.7 Å². The first kappa shape index (κ1) is 14.0. The summed E-state index contributed by atoms with van der Waals surface area (Å²) in [4.78, 5) is 16.4. The summed E-state index contributed by atoms with van der Waals surface area (Å²) in [6, 6.07) is 3.79. The number of nitrogens with zero attached hydrogens (tertiary/aromatic N) is 1. The molecule has 0 spiro atoms. The Kier molecular flexibility index (Phi) is 4.87. The van der Waals surface area contributed by atoms with Crippen molar-refractivity contribution in [2.75, 3.05) is 25.1 Å². The fourth-order valence-electron chi connectivity index (χ4n) is 2.19. The lowest BCUT2D eigenvalue weighted by atomic mass is 10.0. The van der Waals surface area contributed by atoms with Crippen molar-refractivity contribution in [1.82, 2.24) is 10.3 Å². The first-order chi connectivity index (χ1) is 9.22. The van der Waals surface area contributed by atoms with Gasteiger partial charge in [0.2, 0.25) is 5.91 Å². The van der Waals surface area contributed by atoms with Crippen molar-refractivity contribution < 1.29 is 9.53 Å². The van der Waals surface area contributed by atoms with Gasteiger partial charge in [-0.1, -0.05) is 6.92 Å². The SMILES string of the molecule is CCCNC1COCC1C(=O)Nc1cccnc1C. The highest BCUT2D eigenvalue weighted by Crippen LogP contribution is 2.18. The molecule has 0 bridgehead atoms. The fourth-order valence-corrected chi connectivity index (χ4v) is 2.19. The van der Waals surface area contributed by atoms with Gasteiger partial charge in [-0.25, -0.2) is 0 Å². The summed E-state index contributed by atoms with van der Waals surface area (Å²) in [5, 5.41) is 6.30. The van der Waals surface area contributed by atoms with Gasteiger partial charge in [0.25, 0.3) is 0 Å². The third kappa shape index (κ3) is 3.52. The third-order valence-corrected chi connectivity index (χ3v) is 3.34. The van der Waals surface area contributed by atoms with E-state index in [1.165, 1.54) is 0 Å². The molecule has 1 amide bonds. The molecule has 2 atom stereocenters. The van der Waals surface area contributed by atoms with Crippen molar-refractivity contribution in [3.05, 3.63) is 24.0 Å². The number of hydrogen-bond acceptors (Lipinski definition) is 4. The van der Waals surface area contributed by atoms with Gasteiger partial charge in [0.15, 0.2) is 0 Å². The number of hydrogen-bond donors (Lipinski definition) is 2. The molecule has 2 unspecified atom stereocenters. The van der Waals surface area contributed by atoms with E-state index < -0.39 is 0 Å². The van der Waals surface area contributed by atoms with Crippen molar-refractivity contribution in [2.45, 2.75) is 26.3 Å². The summed E-state index contributed by atoms with van der Waals surface area (Å²) in [5.41, 5.74) is 1.60. The summed E-state index contributed by atoms with van der Waals surface area (Å²) in [7, 11) is 0. The number of carbonyl (C=O) groups excluding carboxylic acids is 1. The van der Waals surface area contributed by atoms with Gasteiger partial charge in [-0.3, -0.25) is 9.78 Å². The molecule has 5 heteroatoms. The monoisotopic (exact) mass is 263 g/mol. The number of anilines is 1. The van der Waals surface area contributed by atoms with Crippen LogP contribution in [0.5, 0.6) is 0 Å². The van der Waals surface area contributed by atoms with Gasteiger partial charge in [0, 0.05) is 12.2 Å². The molecule has 19 heavy (non-hydrogen) atoms. The topological polar surface area (TPSA) is 63.2 Å². The zero-order valence-electron chi connectivity index (χ0n) is 11.5. The molecule has 1 aliphatic heterocycles. The Labute approximate surface area is 113 Å². The van der Waals surface area contributed by atoms with E-state index in [4.69, 9.17) is 4.74 Å². The summed E-state index contributed by atoms with van der Waals surface area (Å²) < 4.78 is 5.42. The number of carbonyl (C=O) groups is 1. The fraction of sp³-hybridized carbons (Fsp3) is 0.571. The van der Waals surface area contributed by atoms with E-state index >= 15 is 0 Å². The maximum absolute atomic E-state index is 12.3. The predicted octanol–water partition coefficient (Wildman–Crippen LogP) is 1.34. The Balaban J connectivity index is 1.97. The highest BCUT2D eigenvalue weighted by Gasteiger charge is 2.33. The highest BCUT2D eigenvalue weighted by atomic mass is 16.5. The summed E-state index contributed by atoms with van der Waals surface area (Å²) in [6.07, 6.45) is 2.77. The number of nitrogens with one attached hydrogen (secondary N) is 2. The molecule has 1 aromatic heterocycles. The molecular weight excluding hydrogens is 242 g/mol. The van der Waals surface area contributed by atoms with Gasteiger partial charge in [-0.15, -0.1) is 0 Å². The third-order valence-electron chi connectivity index (χ3n) is 3.34. The minimum Gasteiger partial charge on any atom is -0.379 e. The zero-order chi connectivity index (χ0) is 13.7. The molecule has 0 aromatic carbocycles. The number of rotatable bonds is 5. The molecule has 2 rings (SSSR count). The molecule has 2 heterocycles. The van der Waals surface area contributed by atoms with Crippen molar-refractivity contribution in [1.29, 1.82) is 0 Å². The van der Waals surface area contributed by atoms with E-state index in [0.29, 0.717) is 13.2 Å². The van der Waals surface area contributed by atoms with E-state index in [1.807, 2.05) is 19.1 Å². The van der Waals surface area contributed by atoms with Crippen LogP contribution in [0.15, 0.2) is 18.3 Å². The largest absolute Gasteiger partial charge is 0.379 e. The average Bonchev–Trinajstić information content (AvgIpc) is 2.87. The first-order valence-electron chi connectivity index (χ1n) is 6.76. The molecule has 0 saturated carbocycles. The summed E-state index contributed by atoms with van der Waals surface area (Å²) >= 11 is 0. The van der Waals surface area contributed by atoms with Crippen LogP contribution < -0.4 is 10.6 Å². The van der Waals surface area contributed by atoms with Crippen LogP contribution in [0.3, 0.4) is 0 Å². The number of ether oxygens (including phenoxy) is 1. The van der Waals surface area contributed by atoms with Crippen molar-refractivity contribution in [3.63, 3.8) is 0 Å². The normalized spacial score (nSPS) is 22.4. The van der Waals surface area contributed by atoms with E-state index in [1.54, 1.807) is 6.20 Å². The molecular formula is C14H21N3O2. The standard InChI is InChI=1S/C14H21N3O2/c1-3-6-16-13-9-19-8-11(13)14(18)17-12-5-4-7-15-10(12)2/h4-5,7,11,13,16H,3,6,8-9H2,1-2H3,(H,17,18). The van der Waals surface area contributed by atoms with Crippen LogP contribution in [0.25, 0.3) is 0 Å². The van der Waals surface area contributed by atoms with Crippen molar-refractivity contribution >= 4 is 11.6 Å². The maximum Gasteiger partial charge on any atom is 0.231 e. The summed E-state index contributed by atoms with van der Waals surface area (Å²) in [6.45, 7) is 5.98. The zero-order valence-corrected chi connectivity index (χ0v) is 11.5. The van der Waals surface area contributed by atoms with Gasteiger partial charge >= 0.3 is 0 Å². The molecule has 1 saturated heterocycles. The molecule has 0 aliphatic carbocycles. The molecule has 1 aromatic rings. The average molecular weight is 263 g/mol. The molecule has 1 aliphatic rings. The van der Waals surface area contributed by atoms with E-state index in [9.17, 15) is 4.79 Å². The van der Waals surface area contributed by atoms with Crippen LogP contribution in [0.1, 0.15) is 19.0 Å². The molecule has 1 fully saturated rings. The lowest BCUT2D eigenvalue weighted by Crippen LogP contribution is -2.41. The summed E-state index contributed by atoms with van der Waals surface area (Å²) in [5.74, 6) is -0.131. The van der Waals surface area contributed by atoms with Gasteiger partial charge in [0.1, 0.15) is 0 Å². The van der Waals surface area contributed by atoms with Crippen LogP contribution >= 0.6 is 0 Å². The number of aryl methyl sites for hydroxylation is 1. The van der Waals surface area contributed by atoms with Gasteiger partial charge in [-0.05, 0) is 32.0 Å². The number of aromatic nitrogens is 1. The van der Waals surface area contributed by atoms with Gasteiger partial charge in [-0.2, -0.15) is 0 Å². The second kappa shape index (κ2) is 6.63. The van der Waals surface area contributed by atoms with Crippen LogP contribution in [0.4, 0.5) is 5.69 Å². The second-order valence-electron chi connectivity index (χ2n) is 4.83. The Morgan fingerprint density at radius 1 is 1.53 bits per heavy atom. The number of amides is 1. The first-order valence-corrected chi connectivity index (χ1v) is 6.76. The molecule has 5 nitrogen and oxygen atoms in total. The number of pyridine rings is 1. The van der Waals surface area contributed by atoms with Crippen molar-refractivity contribution in [3.8, 4) is 0 Å². The molecule has 0 radical (unpaired) electrons. The lowest BCUT2D eigenvalue weighted by Gasteiger charge is -2.18. The highest BCUT2D eigenvalue weighted by molar-refractivity contribution is 5.93. The Hall–Kier alpha value is -1.46. The van der Waals surface area contributed by atoms with Gasteiger partial charge < -0.3 is 15.4 Å². The Morgan fingerprint density at radius 2 is 2.37 bits per heavy atom. The van der Waals surface area contributed by atoms with E-state index in [0.717, 1.165) is 24.3 Å². The van der Waals surface area contributed by atoms with E-state index in [2.05, 4.69) is 22.5 Å². The van der Waals surface area contributed by atoms with Gasteiger partial charge in [0.05, 0.1) is 30.5 Å². The minimum atomic E-state index is -0.133. The molecule has 104 valence electrons. The lowest BCUT2D eigenvalue weighted by molar-refractivity contribution is -0.120. The Morgan fingerprint density at radius 3 is 3.11 bits per heavy atom. The van der Waals surface area contributed by atoms with Crippen LogP contribution in [0.2, 0.25) is 0 Å². The predicted molar refractivity (Wildman–Crippen MR) is 74.0 cm³/mol. The van der Waals surface area contributed by atoms with E-state index in [-0.39, 0.29) is 17.9 Å². The van der Waals surface area contributed by atoms with Crippen LogP contribution in [0, 0.1) is 12.8 Å². The minimum absolute atomic E-state index is 0.00204. The maximum atomic E-state index is 12.3. The van der Waals surface area contributed by atoms with Crippen molar-refractivity contribution in [2.24, 2.45) is 5.92 Å². The second-order valence-corrected chi connectivity index (χ2v) is 4.83. The molecule has 2 N–H and O–H groups in total. The van der Waals surface area contributed by atoms with Crippen LogP contribution in [-0.2, 0) is 9.53 Å². The Bertz CT molecular complexity index is 436. The quantitative estimate of drug-likeness (QED) is 0.841. The smallest absolute Gasteiger partial charge is 0.231 e.